The van der Waals surface area contributed by atoms with E-state index in [1.807, 2.05) is 0 Å². The van der Waals surface area contributed by atoms with Crippen molar-refractivity contribution in [1.82, 2.24) is 4.98 Å². The molecule has 10 heteroatoms. The van der Waals surface area contributed by atoms with Crippen molar-refractivity contribution in [1.29, 1.82) is 0 Å². The molecule has 0 spiro atoms. The van der Waals surface area contributed by atoms with Gasteiger partial charge in [0.15, 0.2) is 5.78 Å². The Morgan fingerprint density at radius 3 is 2.25 bits per heavy atom. The summed E-state index contributed by atoms with van der Waals surface area (Å²) in [5, 5.41) is 7.48. The maximum absolute atomic E-state index is 13.5. The van der Waals surface area contributed by atoms with Crippen LogP contribution in [0, 0.1) is 5.82 Å². The van der Waals surface area contributed by atoms with E-state index in [1.54, 1.807) is 0 Å². The van der Waals surface area contributed by atoms with Crippen LogP contribution in [0.4, 0.5) is 23.2 Å². The maximum Gasteiger partial charge on any atom is 0.416 e. The highest BCUT2D eigenvalue weighted by Crippen LogP contribution is 2.36. The lowest BCUT2D eigenvalue weighted by atomic mass is 9.80. The first-order chi connectivity index (χ1) is 15.1. The zero-order valence-corrected chi connectivity index (χ0v) is 17.2. The highest BCUT2D eigenvalue weighted by Gasteiger charge is 2.47. The molecule has 1 atom stereocenters. The summed E-state index contributed by atoms with van der Waals surface area (Å²) in [7, 11) is 0. The first kappa shape index (κ1) is 23.2. The van der Waals surface area contributed by atoms with Crippen molar-refractivity contribution in [3.63, 3.8) is 0 Å². The number of Topliss-reactive ketones (excluding diaryl/α,β-unsaturated/α-hetero) is 2. The molecule has 2 aromatic carbocycles. The van der Waals surface area contributed by atoms with Crippen molar-refractivity contribution in [2.75, 3.05) is 0 Å². The van der Waals surface area contributed by atoms with Gasteiger partial charge in [-0.15, -0.1) is 0 Å². The van der Waals surface area contributed by atoms with E-state index in [-0.39, 0.29) is 22.0 Å². The SMILES string of the molecule is CC(=O)C(N=Nc1cccc(C(F)(F)F)c1)(C(=O)c1cccnc1Cl)c1ccc(F)cc1. The largest absolute Gasteiger partial charge is 0.416 e. The van der Waals surface area contributed by atoms with Crippen LogP contribution in [0.1, 0.15) is 28.4 Å². The summed E-state index contributed by atoms with van der Waals surface area (Å²) in [5.41, 5.74) is -3.73. The van der Waals surface area contributed by atoms with Gasteiger partial charge >= 0.3 is 6.18 Å². The first-order valence-electron chi connectivity index (χ1n) is 9.08. The van der Waals surface area contributed by atoms with Crippen LogP contribution in [0.25, 0.3) is 0 Å². The number of hydrogen-bond donors (Lipinski definition) is 0. The van der Waals surface area contributed by atoms with E-state index in [9.17, 15) is 27.2 Å². The van der Waals surface area contributed by atoms with Gasteiger partial charge in [-0.05, 0) is 55.0 Å². The quantitative estimate of drug-likeness (QED) is 0.141. The van der Waals surface area contributed by atoms with Crippen molar-refractivity contribution >= 4 is 28.9 Å². The summed E-state index contributed by atoms with van der Waals surface area (Å²) < 4.78 is 52.6. The van der Waals surface area contributed by atoms with Gasteiger partial charge in [-0.1, -0.05) is 29.8 Å². The zero-order valence-electron chi connectivity index (χ0n) is 16.4. The van der Waals surface area contributed by atoms with Crippen molar-refractivity contribution in [2.24, 2.45) is 10.2 Å². The molecule has 1 unspecified atom stereocenters. The molecule has 0 radical (unpaired) electrons. The third kappa shape index (κ3) is 4.57. The Hall–Kier alpha value is -3.46. The Labute approximate surface area is 184 Å². The molecule has 32 heavy (non-hydrogen) atoms. The van der Waals surface area contributed by atoms with Gasteiger partial charge in [0, 0.05) is 6.20 Å². The number of benzene rings is 2. The molecule has 0 amide bonds. The summed E-state index contributed by atoms with van der Waals surface area (Å²) >= 11 is 6.03. The van der Waals surface area contributed by atoms with Crippen molar-refractivity contribution < 1.29 is 27.2 Å². The number of carbonyl (C=O) groups is 2. The number of pyridine rings is 1. The van der Waals surface area contributed by atoms with Crippen LogP contribution >= 0.6 is 11.6 Å². The molecule has 3 rings (SSSR count). The molecule has 1 heterocycles. The highest BCUT2D eigenvalue weighted by molar-refractivity contribution is 6.34. The number of ketones is 2. The van der Waals surface area contributed by atoms with E-state index in [0.29, 0.717) is 0 Å². The number of aromatic nitrogens is 1. The minimum atomic E-state index is -4.63. The zero-order chi connectivity index (χ0) is 23.5. The van der Waals surface area contributed by atoms with Crippen molar-refractivity contribution in [3.05, 3.63) is 94.5 Å². The average molecular weight is 464 g/mol. The molecule has 0 N–H and O–H groups in total. The highest BCUT2D eigenvalue weighted by atomic mass is 35.5. The fourth-order valence-electron chi connectivity index (χ4n) is 2.99. The van der Waals surface area contributed by atoms with Crippen LogP contribution in [-0.2, 0) is 16.5 Å². The van der Waals surface area contributed by atoms with E-state index < -0.39 is 34.7 Å². The Balaban J connectivity index is 2.21. The van der Waals surface area contributed by atoms with Gasteiger partial charge in [0.1, 0.15) is 11.0 Å². The summed E-state index contributed by atoms with van der Waals surface area (Å²) in [6.07, 6.45) is -3.30. The number of rotatable bonds is 6. The maximum atomic E-state index is 13.5. The number of carbonyl (C=O) groups excluding carboxylic acids is 2. The molecule has 164 valence electrons. The van der Waals surface area contributed by atoms with Crippen LogP contribution in [0.15, 0.2) is 77.1 Å². The molecule has 0 aliphatic heterocycles. The minimum absolute atomic E-state index is 0.0351. The normalized spacial score (nSPS) is 13.7. The van der Waals surface area contributed by atoms with Gasteiger partial charge in [-0.2, -0.15) is 23.4 Å². The van der Waals surface area contributed by atoms with Crippen molar-refractivity contribution in [3.8, 4) is 0 Å². The smallest absolute Gasteiger partial charge is 0.296 e. The predicted octanol–water partition coefficient (Wildman–Crippen LogP) is 6.34. The van der Waals surface area contributed by atoms with Crippen LogP contribution in [0.5, 0.6) is 0 Å². The number of halogens is 5. The topological polar surface area (TPSA) is 71.8 Å². The summed E-state index contributed by atoms with van der Waals surface area (Å²) in [5.74, 6) is -2.34. The number of alkyl halides is 3. The van der Waals surface area contributed by atoms with Gasteiger partial charge in [-0.3, -0.25) is 9.59 Å². The molecular formula is C22H14ClF4N3O2. The van der Waals surface area contributed by atoms with E-state index in [2.05, 4.69) is 15.2 Å². The fourth-order valence-corrected chi connectivity index (χ4v) is 3.19. The van der Waals surface area contributed by atoms with Crippen molar-refractivity contribution in [2.45, 2.75) is 18.6 Å². The third-order valence-electron chi connectivity index (χ3n) is 4.59. The lowest BCUT2D eigenvalue weighted by molar-refractivity contribution is -0.137. The number of azo groups is 1. The molecule has 5 nitrogen and oxygen atoms in total. The van der Waals surface area contributed by atoms with Crippen LogP contribution in [0.3, 0.4) is 0 Å². The van der Waals surface area contributed by atoms with Gasteiger partial charge in [0.2, 0.25) is 11.3 Å². The molecule has 0 saturated heterocycles. The second kappa shape index (κ2) is 8.96. The van der Waals surface area contributed by atoms with Crippen LogP contribution < -0.4 is 0 Å². The van der Waals surface area contributed by atoms with Gasteiger partial charge < -0.3 is 0 Å². The molecule has 0 aliphatic rings. The van der Waals surface area contributed by atoms with Gasteiger partial charge in [-0.25, -0.2) is 9.37 Å². The first-order valence-corrected chi connectivity index (χ1v) is 9.46. The molecule has 0 fully saturated rings. The second-order valence-electron chi connectivity index (χ2n) is 6.69. The Kier molecular flexibility index (Phi) is 6.50. The standard InChI is InChI=1S/C22H14ClF4N3O2/c1-13(31)21(14-7-9-16(24)10-8-14,19(32)18-6-3-11-28-20(18)23)30-29-17-5-2-4-15(12-17)22(25,26)27/h2-12H,1H3. The average Bonchev–Trinajstić information content (AvgIpc) is 2.75. The number of nitrogens with zero attached hydrogens (tertiary/aromatic N) is 3. The molecular weight excluding hydrogens is 450 g/mol. The monoisotopic (exact) mass is 463 g/mol. The van der Waals surface area contributed by atoms with E-state index in [4.69, 9.17) is 11.6 Å². The lowest BCUT2D eigenvalue weighted by Crippen LogP contribution is -2.41. The lowest BCUT2D eigenvalue weighted by Gasteiger charge is -2.25. The predicted molar refractivity (Wildman–Crippen MR) is 108 cm³/mol. The van der Waals surface area contributed by atoms with E-state index in [1.165, 1.54) is 36.5 Å². The van der Waals surface area contributed by atoms with Gasteiger partial charge in [0.25, 0.3) is 0 Å². The Morgan fingerprint density at radius 2 is 1.66 bits per heavy atom. The molecule has 1 aromatic heterocycles. The van der Waals surface area contributed by atoms with E-state index in [0.717, 1.165) is 37.3 Å². The third-order valence-corrected chi connectivity index (χ3v) is 4.89. The molecule has 3 aromatic rings. The molecule has 0 saturated carbocycles. The summed E-state index contributed by atoms with van der Waals surface area (Å²) in [6.45, 7) is 1.07. The number of hydrogen-bond acceptors (Lipinski definition) is 5. The Bertz CT molecular complexity index is 1200. The Morgan fingerprint density at radius 1 is 0.969 bits per heavy atom. The summed E-state index contributed by atoms with van der Waals surface area (Å²) in [6, 6.07) is 11.0. The molecule has 0 bridgehead atoms. The minimum Gasteiger partial charge on any atom is -0.296 e. The molecule has 0 aliphatic carbocycles. The summed E-state index contributed by atoms with van der Waals surface area (Å²) in [4.78, 5) is 30.1. The second-order valence-corrected chi connectivity index (χ2v) is 7.05. The van der Waals surface area contributed by atoms with E-state index >= 15 is 0 Å². The van der Waals surface area contributed by atoms with Gasteiger partial charge in [0.05, 0.1) is 16.8 Å². The van der Waals surface area contributed by atoms with Crippen LogP contribution in [0.2, 0.25) is 5.15 Å². The fraction of sp³-hybridized carbons (Fsp3) is 0.136. The van der Waals surface area contributed by atoms with Crippen LogP contribution in [-0.4, -0.2) is 16.6 Å².